The molecule has 1 fully saturated rings. The van der Waals surface area contributed by atoms with Gasteiger partial charge in [0.05, 0.1) is 13.5 Å². The summed E-state index contributed by atoms with van der Waals surface area (Å²) in [6.45, 7) is 3.44. The number of benzene rings is 2. The van der Waals surface area contributed by atoms with Gasteiger partial charge in [0, 0.05) is 38.7 Å². The predicted molar refractivity (Wildman–Crippen MR) is 112 cm³/mol. The number of carbonyl (C=O) groups is 3. The Morgan fingerprint density at radius 1 is 0.900 bits per heavy atom. The van der Waals surface area contributed by atoms with Crippen LogP contribution < -0.4 is 9.47 Å². The Bertz CT molecular complexity index is 927. The first-order valence-corrected chi connectivity index (χ1v) is 9.94. The number of rotatable bonds is 5. The Hall–Kier alpha value is -3.35. The molecule has 30 heavy (non-hydrogen) atoms. The molecule has 1 heterocycles. The Kier molecular flexibility index (Phi) is 7.06. The third-order valence-electron chi connectivity index (χ3n) is 4.97. The van der Waals surface area contributed by atoms with E-state index >= 15 is 0 Å². The number of methoxy groups -OCH3 is 1. The second-order valence-electron chi connectivity index (χ2n) is 7.18. The van der Waals surface area contributed by atoms with Crippen LogP contribution in [0.25, 0.3) is 0 Å². The molecule has 0 saturated carbocycles. The zero-order valence-corrected chi connectivity index (χ0v) is 17.3. The molecular weight excluding hydrogens is 384 g/mol. The van der Waals surface area contributed by atoms with Gasteiger partial charge in [-0.15, -0.1) is 0 Å². The van der Waals surface area contributed by atoms with Gasteiger partial charge in [-0.2, -0.15) is 0 Å². The third kappa shape index (κ3) is 5.59. The minimum Gasteiger partial charge on any atom is -0.497 e. The van der Waals surface area contributed by atoms with Crippen LogP contribution in [0, 0.1) is 0 Å². The topological polar surface area (TPSA) is 76.2 Å². The molecule has 0 aromatic heterocycles. The van der Waals surface area contributed by atoms with E-state index in [4.69, 9.17) is 9.47 Å². The lowest BCUT2D eigenvalue weighted by Crippen LogP contribution is -2.38. The first kappa shape index (κ1) is 21.4. The number of hydrogen-bond acceptors (Lipinski definition) is 5. The Labute approximate surface area is 176 Å². The average Bonchev–Trinajstić information content (AvgIpc) is 2.99. The molecule has 3 rings (SSSR count). The van der Waals surface area contributed by atoms with Crippen LogP contribution in [-0.4, -0.2) is 60.9 Å². The van der Waals surface area contributed by atoms with Crippen LogP contribution in [0.1, 0.15) is 29.3 Å². The highest BCUT2D eigenvalue weighted by Crippen LogP contribution is 2.17. The lowest BCUT2D eigenvalue weighted by Gasteiger charge is -2.22. The summed E-state index contributed by atoms with van der Waals surface area (Å²) in [5.74, 6) is 0.544. The van der Waals surface area contributed by atoms with Crippen molar-refractivity contribution in [2.24, 2.45) is 0 Å². The van der Waals surface area contributed by atoms with Crippen molar-refractivity contribution in [2.75, 3.05) is 33.3 Å². The van der Waals surface area contributed by atoms with Crippen molar-refractivity contribution in [2.45, 2.75) is 19.8 Å². The highest BCUT2D eigenvalue weighted by molar-refractivity contribution is 5.94. The number of carbonyl (C=O) groups excluding carboxylic acids is 3. The molecule has 0 spiro atoms. The van der Waals surface area contributed by atoms with Gasteiger partial charge >= 0.3 is 5.97 Å². The number of esters is 1. The molecule has 0 N–H and O–H groups in total. The summed E-state index contributed by atoms with van der Waals surface area (Å²) in [5.41, 5.74) is 1.36. The van der Waals surface area contributed by atoms with Crippen molar-refractivity contribution in [3.05, 3.63) is 59.7 Å². The fraction of sp³-hybridized carbons (Fsp3) is 0.348. The number of nitrogens with zero attached hydrogens (tertiary/aromatic N) is 2. The molecule has 7 heteroatoms. The van der Waals surface area contributed by atoms with Gasteiger partial charge in [0.2, 0.25) is 5.91 Å². The molecule has 0 unspecified atom stereocenters. The molecule has 158 valence electrons. The number of hydrogen-bond donors (Lipinski definition) is 0. The average molecular weight is 410 g/mol. The number of ether oxygens (including phenoxy) is 2. The monoisotopic (exact) mass is 410 g/mol. The Morgan fingerprint density at radius 2 is 1.60 bits per heavy atom. The molecule has 2 aromatic carbocycles. The SMILES string of the molecule is COc1cccc(CC(=O)N2CCCN(C(=O)c3cccc(OC(C)=O)c3)CC2)c1. The highest BCUT2D eigenvalue weighted by atomic mass is 16.5. The van der Waals surface area contributed by atoms with E-state index < -0.39 is 5.97 Å². The van der Waals surface area contributed by atoms with E-state index in [1.807, 2.05) is 29.2 Å². The molecule has 1 saturated heterocycles. The zero-order valence-electron chi connectivity index (χ0n) is 17.3. The maximum atomic E-state index is 12.9. The van der Waals surface area contributed by atoms with Crippen LogP contribution >= 0.6 is 0 Å². The van der Waals surface area contributed by atoms with Crippen molar-refractivity contribution >= 4 is 17.8 Å². The summed E-state index contributed by atoms with van der Waals surface area (Å²) >= 11 is 0. The van der Waals surface area contributed by atoms with Gasteiger partial charge in [0.25, 0.3) is 5.91 Å². The largest absolute Gasteiger partial charge is 0.497 e. The van der Waals surface area contributed by atoms with E-state index in [0.29, 0.717) is 50.3 Å². The summed E-state index contributed by atoms with van der Waals surface area (Å²) < 4.78 is 10.3. The van der Waals surface area contributed by atoms with E-state index in [0.717, 1.165) is 11.3 Å². The highest BCUT2D eigenvalue weighted by Gasteiger charge is 2.23. The minimum absolute atomic E-state index is 0.0365. The van der Waals surface area contributed by atoms with E-state index in [1.165, 1.54) is 6.92 Å². The summed E-state index contributed by atoms with van der Waals surface area (Å²) in [7, 11) is 1.60. The van der Waals surface area contributed by atoms with Crippen LogP contribution in [0.15, 0.2) is 48.5 Å². The third-order valence-corrected chi connectivity index (χ3v) is 4.97. The fourth-order valence-electron chi connectivity index (χ4n) is 3.48. The van der Waals surface area contributed by atoms with Crippen molar-refractivity contribution in [3.8, 4) is 11.5 Å². The molecule has 2 amide bonds. The van der Waals surface area contributed by atoms with Crippen molar-refractivity contribution < 1.29 is 23.9 Å². The summed E-state index contributed by atoms with van der Waals surface area (Å²) in [6, 6.07) is 14.1. The van der Waals surface area contributed by atoms with Crippen LogP contribution in [0.4, 0.5) is 0 Å². The van der Waals surface area contributed by atoms with Gasteiger partial charge in [-0.3, -0.25) is 14.4 Å². The molecular formula is C23H26N2O5. The standard InChI is InChI=1S/C23H26N2O5/c1-17(26)30-21-9-4-7-19(16-21)23(28)25-11-5-10-24(12-13-25)22(27)15-18-6-3-8-20(14-18)29-2/h3-4,6-9,14,16H,5,10-13,15H2,1-2H3. The number of amides is 2. The Balaban J connectivity index is 1.60. The van der Waals surface area contributed by atoms with Gasteiger partial charge in [0.1, 0.15) is 11.5 Å². The summed E-state index contributed by atoms with van der Waals surface area (Å²) in [5, 5.41) is 0. The molecule has 1 aliphatic rings. The minimum atomic E-state index is -0.431. The summed E-state index contributed by atoms with van der Waals surface area (Å²) in [6.07, 6.45) is 1.01. The molecule has 7 nitrogen and oxygen atoms in total. The van der Waals surface area contributed by atoms with Gasteiger partial charge < -0.3 is 19.3 Å². The van der Waals surface area contributed by atoms with E-state index in [-0.39, 0.29) is 11.8 Å². The maximum Gasteiger partial charge on any atom is 0.308 e. The van der Waals surface area contributed by atoms with Crippen LogP contribution in [0.5, 0.6) is 11.5 Å². The van der Waals surface area contributed by atoms with Crippen LogP contribution in [0.2, 0.25) is 0 Å². The first-order chi connectivity index (χ1) is 14.5. The lowest BCUT2D eigenvalue weighted by molar-refractivity contribution is -0.132. The molecule has 0 radical (unpaired) electrons. The van der Waals surface area contributed by atoms with Crippen LogP contribution in [-0.2, 0) is 16.0 Å². The van der Waals surface area contributed by atoms with E-state index in [9.17, 15) is 14.4 Å². The second kappa shape index (κ2) is 9.91. The molecule has 0 aliphatic carbocycles. The van der Waals surface area contributed by atoms with Gasteiger partial charge in [0.15, 0.2) is 0 Å². The summed E-state index contributed by atoms with van der Waals surface area (Å²) in [4.78, 5) is 40.3. The lowest BCUT2D eigenvalue weighted by atomic mass is 10.1. The molecule has 2 aromatic rings. The van der Waals surface area contributed by atoms with Crippen LogP contribution in [0.3, 0.4) is 0 Å². The first-order valence-electron chi connectivity index (χ1n) is 9.94. The van der Waals surface area contributed by atoms with Crippen molar-refractivity contribution in [1.29, 1.82) is 0 Å². The molecule has 1 aliphatic heterocycles. The normalized spacial score (nSPS) is 14.1. The van der Waals surface area contributed by atoms with E-state index in [1.54, 1.807) is 36.3 Å². The second-order valence-corrected chi connectivity index (χ2v) is 7.18. The predicted octanol–water partition coefficient (Wildman–Crippen LogP) is 2.54. The zero-order chi connectivity index (χ0) is 21.5. The van der Waals surface area contributed by atoms with Gasteiger partial charge in [-0.1, -0.05) is 18.2 Å². The van der Waals surface area contributed by atoms with Crippen molar-refractivity contribution in [3.63, 3.8) is 0 Å². The van der Waals surface area contributed by atoms with Gasteiger partial charge in [-0.05, 0) is 42.3 Å². The Morgan fingerprint density at radius 3 is 2.37 bits per heavy atom. The molecule has 0 atom stereocenters. The van der Waals surface area contributed by atoms with Crippen molar-refractivity contribution in [1.82, 2.24) is 9.80 Å². The maximum absolute atomic E-state index is 12.9. The molecule has 0 bridgehead atoms. The quantitative estimate of drug-likeness (QED) is 0.559. The van der Waals surface area contributed by atoms with E-state index in [2.05, 4.69) is 0 Å². The van der Waals surface area contributed by atoms with Gasteiger partial charge in [-0.25, -0.2) is 0 Å². The smallest absolute Gasteiger partial charge is 0.308 e. The fourth-order valence-corrected chi connectivity index (χ4v) is 3.48.